The van der Waals surface area contributed by atoms with Gasteiger partial charge >= 0.3 is 0 Å². The first-order chi connectivity index (χ1) is 4.04. The Morgan fingerprint density at radius 1 is 1.78 bits per heavy atom. The fraction of sp³-hybridized carbons (Fsp3) is 0.833. The highest BCUT2D eigenvalue weighted by Crippen LogP contribution is 2.06. The molecule has 0 rings (SSSR count). The van der Waals surface area contributed by atoms with Crippen LogP contribution >= 0.6 is 11.6 Å². The molecule has 0 unspecified atom stereocenters. The first-order valence-electron chi connectivity index (χ1n) is 2.92. The second-order valence-electron chi connectivity index (χ2n) is 2.33. The molecule has 0 aliphatic carbocycles. The van der Waals surface area contributed by atoms with E-state index in [1.165, 1.54) is 0 Å². The van der Waals surface area contributed by atoms with E-state index in [0.717, 1.165) is 0 Å². The second-order valence-corrected chi connectivity index (χ2v) is 2.60. The molecule has 0 aliphatic heterocycles. The number of nitrogens with two attached hydrogens (primary N) is 1. The fourth-order valence-electron chi connectivity index (χ4n) is 0.350. The number of ketones is 1. The highest BCUT2D eigenvalue weighted by atomic mass is 35.5. The van der Waals surface area contributed by atoms with Crippen LogP contribution in [0.15, 0.2) is 0 Å². The third-order valence-corrected chi connectivity index (χ3v) is 1.74. The molecule has 0 spiro atoms. The van der Waals surface area contributed by atoms with E-state index < -0.39 is 5.54 Å². The summed E-state index contributed by atoms with van der Waals surface area (Å²) < 4.78 is 0. The number of carbonyl (C=O) groups is 1. The number of rotatable bonds is 3. The Balaban J connectivity index is 3.97. The number of hydrogen-bond acceptors (Lipinski definition) is 2. The molecular weight excluding hydrogens is 138 g/mol. The summed E-state index contributed by atoms with van der Waals surface area (Å²) in [4.78, 5) is 10.8. The van der Waals surface area contributed by atoms with Crippen molar-refractivity contribution in [1.29, 1.82) is 0 Å². The van der Waals surface area contributed by atoms with Gasteiger partial charge in [-0.3, -0.25) is 4.79 Å². The summed E-state index contributed by atoms with van der Waals surface area (Å²) in [6.07, 6.45) is 0.637. The van der Waals surface area contributed by atoms with Crippen LogP contribution in [0.25, 0.3) is 0 Å². The van der Waals surface area contributed by atoms with Gasteiger partial charge < -0.3 is 5.73 Å². The Kier molecular flexibility index (Phi) is 3.15. The zero-order valence-corrected chi connectivity index (χ0v) is 6.53. The van der Waals surface area contributed by atoms with Gasteiger partial charge in [-0.25, -0.2) is 0 Å². The summed E-state index contributed by atoms with van der Waals surface area (Å²) in [7, 11) is 0. The van der Waals surface area contributed by atoms with Crippen LogP contribution in [0, 0.1) is 0 Å². The van der Waals surface area contributed by atoms with Gasteiger partial charge in [-0.05, 0) is 13.3 Å². The number of carbonyl (C=O) groups excluding carboxylic acids is 1. The van der Waals surface area contributed by atoms with Gasteiger partial charge in [-0.2, -0.15) is 0 Å². The average Bonchev–Trinajstić information content (AvgIpc) is 1.86. The molecule has 0 aromatic heterocycles. The van der Waals surface area contributed by atoms with Crippen LogP contribution in [0.4, 0.5) is 0 Å². The summed E-state index contributed by atoms with van der Waals surface area (Å²) in [5, 5.41) is 0. The van der Waals surface area contributed by atoms with Crippen LogP contribution in [0.2, 0.25) is 0 Å². The van der Waals surface area contributed by atoms with E-state index in [-0.39, 0.29) is 11.7 Å². The van der Waals surface area contributed by atoms with Crippen molar-refractivity contribution in [2.75, 3.05) is 5.88 Å². The molecule has 0 saturated carbocycles. The van der Waals surface area contributed by atoms with Crippen molar-refractivity contribution in [2.24, 2.45) is 5.73 Å². The van der Waals surface area contributed by atoms with Gasteiger partial charge in [0.2, 0.25) is 0 Å². The minimum absolute atomic E-state index is 0.0147. The molecule has 0 saturated heterocycles. The van der Waals surface area contributed by atoms with E-state index in [9.17, 15) is 4.79 Å². The highest BCUT2D eigenvalue weighted by molar-refractivity contribution is 6.28. The smallest absolute Gasteiger partial charge is 0.167 e. The van der Waals surface area contributed by atoms with E-state index in [1.54, 1.807) is 6.92 Å². The van der Waals surface area contributed by atoms with Crippen molar-refractivity contribution >= 4 is 17.4 Å². The topological polar surface area (TPSA) is 43.1 Å². The first kappa shape index (κ1) is 8.92. The molecule has 0 aromatic carbocycles. The molecule has 0 bridgehead atoms. The summed E-state index contributed by atoms with van der Waals surface area (Å²) >= 11 is 5.29. The predicted molar refractivity (Wildman–Crippen MR) is 38.6 cm³/mol. The van der Waals surface area contributed by atoms with Crippen molar-refractivity contribution in [1.82, 2.24) is 0 Å². The normalized spacial score (nSPS) is 16.9. The third-order valence-electron chi connectivity index (χ3n) is 1.49. The Morgan fingerprint density at radius 3 is 2.33 bits per heavy atom. The van der Waals surface area contributed by atoms with E-state index in [4.69, 9.17) is 17.3 Å². The molecule has 0 amide bonds. The lowest BCUT2D eigenvalue weighted by molar-refractivity contribution is -0.121. The molecule has 0 aliphatic rings. The lowest BCUT2D eigenvalue weighted by Gasteiger charge is -2.18. The SMILES string of the molecule is CC[C@](C)(N)C(=O)CCl. The maximum Gasteiger partial charge on any atom is 0.167 e. The molecule has 0 fully saturated rings. The van der Waals surface area contributed by atoms with Crippen LogP contribution in [-0.4, -0.2) is 17.2 Å². The molecule has 3 heteroatoms. The molecule has 2 N–H and O–H groups in total. The number of halogens is 1. The van der Waals surface area contributed by atoms with E-state index >= 15 is 0 Å². The van der Waals surface area contributed by atoms with Gasteiger partial charge in [0.05, 0.1) is 11.4 Å². The van der Waals surface area contributed by atoms with Crippen LogP contribution < -0.4 is 5.73 Å². The monoisotopic (exact) mass is 149 g/mol. The lowest BCUT2D eigenvalue weighted by Crippen LogP contribution is -2.44. The predicted octanol–water partition coefficient (Wildman–Crippen LogP) is 0.922. The zero-order valence-electron chi connectivity index (χ0n) is 5.78. The maximum absolute atomic E-state index is 10.8. The van der Waals surface area contributed by atoms with Crippen LogP contribution in [-0.2, 0) is 4.79 Å². The zero-order chi connectivity index (χ0) is 7.49. The van der Waals surface area contributed by atoms with Crippen LogP contribution in [0.5, 0.6) is 0 Å². The van der Waals surface area contributed by atoms with Crippen LogP contribution in [0.1, 0.15) is 20.3 Å². The molecule has 54 valence electrons. The summed E-state index contributed by atoms with van der Waals surface area (Å²) in [6.45, 7) is 3.56. The summed E-state index contributed by atoms with van der Waals surface area (Å²) in [5.74, 6) is -0.0763. The minimum atomic E-state index is -0.720. The largest absolute Gasteiger partial charge is 0.319 e. The van der Waals surface area contributed by atoms with Crippen molar-refractivity contribution < 1.29 is 4.79 Å². The van der Waals surface area contributed by atoms with E-state index in [1.807, 2.05) is 6.92 Å². The molecule has 2 nitrogen and oxygen atoms in total. The summed E-state index contributed by atoms with van der Waals surface area (Å²) in [6, 6.07) is 0. The number of Topliss-reactive ketones (excluding diaryl/α,β-unsaturated/α-hetero) is 1. The molecule has 0 heterocycles. The number of alkyl halides is 1. The average molecular weight is 150 g/mol. The van der Waals surface area contributed by atoms with Crippen molar-refractivity contribution in [2.45, 2.75) is 25.8 Å². The highest BCUT2D eigenvalue weighted by Gasteiger charge is 2.23. The van der Waals surface area contributed by atoms with Crippen molar-refractivity contribution in [3.05, 3.63) is 0 Å². The van der Waals surface area contributed by atoms with Crippen molar-refractivity contribution in [3.8, 4) is 0 Å². The molecule has 0 aromatic rings. The summed E-state index contributed by atoms with van der Waals surface area (Å²) in [5.41, 5.74) is 4.82. The maximum atomic E-state index is 10.8. The quantitative estimate of drug-likeness (QED) is 0.607. The Labute approximate surface area is 60.4 Å². The molecular formula is C6H12ClNO. The fourth-order valence-corrected chi connectivity index (χ4v) is 0.655. The molecule has 9 heavy (non-hydrogen) atoms. The first-order valence-corrected chi connectivity index (χ1v) is 3.46. The second kappa shape index (κ2) is 3.18. The number of hydrogen-bond donors (Lipinski definition) is 1. The van der Waals surface area contributed by atoms with Crippen LogP contribution in [0.3, 0.4) is 0 Å². The van der Waals surface area contributed by atoms with E-state index in [2.05, 4.69) is 0 Å². The van der Waals surface area contributed by atoms with Gasteiger partial charge in [0.15, 0.2) is 5.78 Å². The molecule has 1 atom stereocenters. The van der Waals surface area contributed by atoms with Crippen molar-refractivity contribution in [3.63, 3.8) is 0 Å². The third kappa shape index (κ3) is 2.33. The minimum Gasteiger partial charge on any atom is -0.319 e. The van der Waals surface area contributed by atoms with Gasteiger partial charge in [0.25, 0.3) is 0 Å². The molecule has 0 radical (unpaired) electrons. The van der Waals surface area contributed by atoms with E-state index in [0.29, 0.717) is 6.42 Å². The lowest BCUT2D eigenvalue weighted by atomic mass is 9.96. The standard InChI is InChI=1S/C6H12ClNO/c1-3-6(2,8)5(9)4-7/h3-4,8H2,1-2H3/t6-/m0/s1. The van der Waals surface area contributed by atoms with Gasteiger partial charge in [0, 0.05) is 0 Å². The van der Waals surface area contributed by atoms with Gasteiger partial charge in [-0.15, -0.1) is 11.6 Å². The Bertz CT molecular complexity index is 112. The Morgan fingerprint density at radius 2 is 2.22 bits per heavy atom. The Hall–Kier alpha value is -0.0800. The van der Waals surface area contributed by atoms with Gasteiger partial charge in [0.1, 0.15) is 0 Å². The van der Waals surface area contributed by atoms with Gasteiger partial charge in [-0.1, -0.05) is 6.92 Å².